The maximum atomic E-state index is 9.66. The summed E-state index contributed by atoms with van der Waals surface area (Å²) in [5.74, 6) is 0. The molecule has 47 valence electrons. The molecule has 0 aliphatic heterocycles. The molecule has 0 aliphatic rings. The number of hydrogen-bond acceptors (Lipinski definition) is 2. The molecule has 0 fully saturated rings. The van der Waals surface area contributed by atoms with Crippen LogP contribution in [0.25, 0.3) is 0 Å². The van der Waals surface area contributed by atoms with Crippen molar-refractivity contribution >= 4 is 6.41 Å². The van der Waals surface area contributed by atoms with Gasteiger partial charge in [0.1, 0.15) is 0 Å². The fourth-order valence-corrected chi connectivity index (χ4v) is 0.214. The van der Waals surface area contributed by atoms with Crippen LogP contribution >= 0.6 is 0 Å². The van der Waals surface area contributed by atoms with Crippen LogP contribution in [0, 0.1) is 0 Å². The predicted octanol–water partition coefficient (Wildman–Crippen LogP) is -0.449. The number of amides is 1. The van der Waals surface area contributed by atoms with Crippen LogP contribution < -0.4 is 5.32 Å². The molecule has 0 heterocycles. The molecular weight excluding hydrogens is 104 g/mol. The number of nitrogens with zero attached hydrogens (tertiary/aromatic N) is 1. The van der Waals surface area contributed by atoms with Crippen LogP contribution in [0.15, 0.2) is 0 Å². The fourth-order valence-electron chi connectivity index (χ4n) is 0.214. The third-order valence-electron chi connectivity index (χ3n) is 1.04. The lowest BCUT2D eigenvalue weighted by Crippen LogP contribution is -2.37. The summed E-state index contributed by atoms with van der Waals surface area (Å²) >= 11 is 0. The first-order chi connectivity index (χ1) is 3.68. The largest absolute Gasteiger partial charge is 0.333 e. The van der Waals surface area contributed by atoms with Gasteiger partial charge in [-0.05, 0) is 21.0 Å². The van der Waals surface area contributed by atoms with Gasteiger partial charge in [0.2, 0.25) is 0 Å². The monoisotopic (exact) mass is 115 g/mol. The third kappa shape index (κ3) is 2.58. The lowest BCUT2D eigenvalue weighted by molar-refractivity contribution is 0.292. The van der Waals surface area contributed by atoms with Crippen molar-refractivity contribution in [1.82, 2.24) is 10.2 Å². The smallest absolute Gasteiger partial charge is 0.310 e. The highest BCUT2D eigenvalue weighted by atomic mass is 16.1. The molecule has 0 spiro atoms. The van der Waals surface area contributed by atoms with Gasteiger partial charge in [-0.1, -0.05) is 0 Å². The number of nitrogens with one attached hydrogen (secondary N) is 1. The Labute approximate surface area is 49.7 Å². The topological polar surface area (TPSA) is 32.3 Å². The SMILES string of the molecule is CC(N[C]=O)N(C)C. The van der Waals surface area contributed by atoms with E-state index in [0.29, 0.717) is 0 Å². The molecule has 0 aliphatic carbocycles. The zero-order chi connectivity index (χ0) is 6.57. The standard InChI is InChI=1S/C5H11N2O/c1-5(6-4-8)7(2)3/h5H,1-3H3,(H,6,8). The molecule has 0 aromatic carbocycles. The van der Waals surface area contributed by atoms with Crippen molar-refractivity contribution < 1.29 is 4.79 Å². The van der Waals surface area contributed by atoms with E-state index in [1.165, 1.54) is 0 Å². The second-order valence-electron chi connectivity index (χ2n) is 1.89. The first-order valence-corrected chi connectivity index (χ1v) is 2.47. The second kappa shape index (κ2) is 3.43. The molecule has 0 aromatic heterocycles. The Balaban J connectivity index is 3.30. The summed E-state index contributed by atoms with van der Waals surface area (Å²) in [5.41, 5.74) is 0. The zero-order valence-electron chi connectivity index (χ0n) is 5.43. The molecule has 0 saturated heterocycles. The van der Waals surface area contributed by atoms with E-state index in [0.717, 1.165) is 0 Å². The van der Waals surface area contributed by atoms with Crippen LogP contribution in [0.2, 0.25) is 0 Å². The molecule has 1 unspecified atom stereocenters. The Kier molecular flexibility index (Phi) is 3.19. The highest BCUT2D eigenvalue weighted by molar-refractivity contribution is 5.47. The quantitative estimate of drug-likeness (QED) is 0.399. The highest BCUT2D eigenvalue weighted by Gasteiger charge is 1.98. The molecule has 0 rings (SSSR count). The maximum Gasteiger partial charge on any atom is 0.310 e. The number of hydrogen-bond donors (Lipinski definition) is 1. The van der Waals surface area contributed by atoms with Gasteiger partial charge in [0.05, 0.1) is 6.17 Å². The van der Waals surface area contributed by atoms with E-state index in [2.05, 4.69) is 5.32 Å². The van der Waals surface area contributed by atoms with E-state index in [9.17, 15) is 4.79 Å². The molecule has 1 radical (unpaired) electrons. The molecule has 8 heavy (non-hydrogen) atoms. The number of rotatable bonds is 3. The minimum Gasteiger partial charge on any atom is -0.333 e. The van der Waals surface area contributed by atoms with Gasteiger partial charge in [0.25, 0.3) is 0 Å². The van der Waals surface area contributed by atoms with Gasteiger partial charge < -0.3 is 5.32 Å². The summed E-state index contributed by atoms with van der Waals surface area (Å²) in [6.07, 6.45) is 1.68. The fraction of sp³-hybridized carbons (Fsp3) is 0.800. The van der Waals surface area contributed by atoms with Crippen molar-refractivity contribution in [3.63, 3.8) is 0 Å². The molecule has 0 bridgehead atoms. The minimum absolute atomic E-state index is 0.0764. The van der Waals surface area contributed by atoms with Crippen molar-refractivity contribution in [3.8, 4) is 0 Å². The number of carbonyl (C=O) groups excluding carboxylic acids is 1. The summed E-state index contributed by atoms with van der Waals surface area (Å²) in [4.78, 5) is 11.5. The van der Waals surface area contributed by atoms with Gasteiger partial charge in [-0.25, -0.2) is 0 Å². The maximum absolute atomic E-state index is 9.66. The Morgan fingerprint density at radius 2 is 2.12 bits per heavy atom. The second-order valence-corrected chi connectivity index (χ2v) is 1.89. The van der Waals surface area contributed by atoms with Crippen molar-refractivity contribution in [2.24, 2.45) is 0 Å². The van der Waals surface area contributed by atoms with Crippen LogP contribution in [-0.2, 0) is 4.79 Å². The molecule has 0 saturated carbocycles. The molecule has 1 amide bonds. The van der Waals surface area contributed by atoms with Gasteiger partial charge in [0.15, 0.2) is 0 Å². The van der Waals surface area contributed by atoms with Gasteiger partial charge in [-0.15, -0.1) is 0 Å². The van der Waals surface area contributed by atoms with Gasteiger partial charge >= 0.3 is 6.41 Å². The average Bonchev–Trinajstić information content (AvgIpc) is 1.67. The Bertz CT molecular complexity index is 72.8. The predicted molar refractivity (Wildman–Crippen MR) is 32.0 cm³/mol. The van der Waals surface area contributed by atoms with E-state index in [4.69, 9.17) is 0 Å². The summed E-state index contributed by atoms with van der Waals surface area (Å²) in [6.45, 7) is 1.88. The van der Waals surface area contributed by atoms with Crippen molar-refractivity contribution in [2.75, 3.05) is 14.1 Å². The highest BCUT2D eigenvalue weighted by Crippen LogP contribution is 1.80. The molecule has 0 aromatic rings. The molecule has 3 heteroatoms. The average molecular weight is 115 g/mol. The van der Waals surface area contributed by atoms with Gasteiger partial charge in [-0.3, -0.25) is 9.69 Å². The van der Waals surface area contributed by atoms with E-state index in [1.807, 2.05) is 25.9 Å². The van der Waals surface area contributed by atoms with Crippen LogP contribution in [0.5, 0.6) is 0 Å². The normalized spacial score (nSPS) is 13.5. The molecule has 1 atom stereocenters. The minimum atomic E-state index is 0.0764. The first-order valence-electron chi connectivity index (χ1n) is 2.47. The Morgan fingerprint density at radius 3 is 2.25 bits per heavy atom. The van der Waals surface area contributed by atoms with Crippen LogP contribution in [-0.4, -0.2) is 31.6 Å². The van der Waals surface area contributed by atoms with E-state index in [-0.39, 0.29) is 6.17 Å². The van der Waals surface area contributed by atoms with Crippen LogP contribution in [0.1, 0.15) is 6.92 Å². The lowest BCUT2D eigenvalue weighted by atomic mass is 10.5. The Hall–Kier alpha value is -0.570. The van der Waals surface area contributed by atoms with Crippen molar-refractivity contribution in [2.45, 2.75) is 13.1 Å². The summed E-state index contributed by atoms with van der Waals surface area (Å²) < 4.78 is 0. The van der Waals surface area contributed by atoms with E-state index < -0.39 is 0 Å². The molecular formula is C5H11N2O. The van der Waals surface area contributed by atoms with Crippen LogP contribution in [0.3, 0.4) is 0 Å². The van der Waals surface area contributed by atoms with E-state index in [1.54, 1.807) is 6.41 Å². The van der Waals surface area contributed by atoms with Crippen LogP contribution in [0.4, 0.5) is 0 Å². The first kappa shape index (κ1) is 7.43. The van der Waals surface area contributed by atoms with E-state index >= 15 is 0 Å². The summed E-state index contributed by atoms with van der Waals surface area (Å²) in [7, 11) is 3.77. The Morgan fingerprint density at radius 1 is 1.62 bits per heavy atom. The van der Waals surface area contributed by atoms with Crippen molar-refractivity contribution in [1.29, 1.82) is 0 Å². The lowest BCUT2D eigenvalue weighted by Gasteiger charge is -2.17. The van der Waals surface area contributed by atoms with Gasteiger partial charge in [0, 0.05) is 0 Å². The third-order valence-corrected chi connectivity index (χ3v) is 1.04. The summed E-state index contributed by atoms with van der Waals surface area (Å²) in [6, 6.07) is 0. The molecule has 3 nitrogen and oxygen atoms in total. The van der Waals surface area contributed by atoms with Gasteiger partial charge in [-0.2, -0.15) is 0 Å². The van der Waals surface area contributed by atoms with Crippen molar-refractivity contribution in [3.05, 3.63) is 0 Å². The molecule has 1 N–H and O–H groups in total. The summed E-state index contributed by atoms with van der Waals surface area (Å²) in [5, 5.41) is 2.47. The zero-order valence-corrected chi connectivity index (χ0v) is 5.43.